The molecule has 0 unspecified atom stereocenters. The second-order valence-corrected chi connectivity index (χ2v) is 6.14. The lowest BCUT2D eigenvalue weighted by molar-refractivity contribution is 1.73. The highest BCUT2D eigenvalue weighted by atomic mass is 79.9. The fourth-order valence-corrected chi connectivity index (χ4v) is 2.99. The number of hydrogen-bond donors (Lipinski definition) is 0. The quantitative estimate of drug-likeness (QED) is 0.370. The number of rotatable bonds is 1. The van der Waals surface area contributed by atoms with Gasteiger partial charge in [-0.05, 0) is 27.1 Å². The van der Waals surface area contributed by atoms with E-state index in [1.54, 1.807) is 0 Å². The van der Waals surface area contributed by atoms with E-state index in [4.69, 9.17) is 78.1 Å². The third kappa shape index (κ3) is 2.66. The van der Waals surface area contributed by atoms with E-state index in [1.807, 2.05) is 0 Å². The van der Waals surface area contributed by atoms with Crippen LogP contribution in [0.15, 0.2) is 4.47 Å². The normalized spacial score (nSPS) is 10.9. The number of hydrogen-bond acceptors (Lipinski definition) is 0. The molecule has 0 saturated carbocycles. The molecule has 0 N–H and O–H groups in total. The van der Waals surface area contributed by atoms with E-state index in [-0.39, 0.29) is 59.4 Å². The van der Waals surface area contributed by atoms with Gasteiger partial charge in [-0.15, -0.1) is 16.4 Å². The van der Waals surface area contributed by atoms with Crippen LogP contribution >= 0.6 is 39.1 Å². The summed E-state index contributed by atoms with van der Waals surface area (Å²) in [4.78, 5) is 0. The Labute approximate surface area is 157 Å². The molecule has 0 aliphatic rings. The third-order valence-electron chi connectivity index (χ3n) is 3.35. The molecule has 0 atom stereocenters. The van der Waals surface area contributed by atoms with Gasteiger partial charge in [-0.25, -0.2) is 0 Å². The molecule has 22 heavy (non-hydrogen) atoms. The molecule has 0 amide bonds. The Hall–Kier alpha value is -0.0455. The number of halogens is 3. The van der Waals surface area contributed by atoms with Crippen molar-refractivity contribution in [3.8, 4) is 11.1 Å². The molecule has 14 radical (unpaired) electrons. The van der Waals surface area contributed by atoms with E-state index in [2.05, 4.69) is 15.9 Å². The van der Waals surface area contributed by atoms with Crippen LogP contribution in [-0.2, 0) is 0 Å². The Morgan fingerprint density at radius 1 is 0.500 bits per heavy atom. The summed E-state index contributed by atoms with van der Waals surface area (Å²) in [5, 5.41) is 0.277. The van der Waals surface area contributed by atoms with E-state index < -0.39 is 0 Å². The summed E-state index contributed by atoms with van der Waals surface area (Å²) in [5.74, 6) is 0. The zero-order chi connectivity index (χ0) is 16.9. The van der Waals surface area contributed by atoms with E-state index in [0.29, 0.717) is 4.47 Å². The average Bonchev–Trinajstić information content (AvgIpc) is 2.50. The van der Waals surface area contributed by atoms with E-state index >= 15 is 0 Å². The first-order valence-electron chi connectivity index (χ1n) is 5.84. The first-order valence-corrected chi connectivity index (χ1v) is 7.39. The first kappa shape index (κ1) is 18.3. The topological polar surface area (TPSA) is 0 Å². The zero-order valence-electron chi connectivity index (χ0n) is 11.2. The molecule has 10 heteroatoms. The van der Waals surface area contributed by atoms with Gasteiger partial charge < -0.3 is 0 Å². The molecule has 0 spiro atoms. The molecule has 0 fully saturated rings. The molecule has 0 bridgehead atoms. The average molecular weight is 371 g/mol. The monoisotopic (exact) mass is 370 g/mol. The lowest BCUT2D eigenvalue weighted by atomic mass is 9.58. The van der Waals surface area contributed by atoms with Crippen LogP contribution in [0.1, 0.15) is 0 Å². The van der Waals surface area contributed by atoms with Crippen LogP contribution < -0.4 is 38.2 Å². The summed E-state index contributed by atoms with van der Waals surface area (Å²) in [6, 6.07) is 0. The highest BCUT2D eigenvalue weighted by molar-refractivity contribution is 9.10. The van der Waals surface area contributed by atoms with Crippen LogP contribution in [0.3, 0.4) is 0 Å². The van der Waals surface area contributed by atoms with Crippen molar-refractivity contribution in [1.82, 2.24) is 0 Å². The largest absolute Gasteiger partial charge is 0.116 e. The van der Waals surface area contributed by atoms with Crippen molar-refractivity contribution in [1.29, 1.82) is 0 Å². The lowest BCUT2D eigenvalue weighted by Gasteiger charge is -2.25. The smallest absolute Gasteiger partial charge is 0.112 e. The lowest BCUT2D eigenvalue weighted by Crippen LogP contribution is -2.56. The van der Waals surface area contributed by atoms with Gasteiger partial charge >= 0.3 is 0 Å². The van der Waals surface area contributed by atoms with Gasteiger partial charge in [0.25, 0.3) is 0 Å². The minimum atomic E-state index is 0.0858. The maximum absolute atomic E-state index is 6.11. The maximum atomic E-state index is 6.11. The molecule has 0 aliphatic carbocycles. The Morgan fingerprint density at radius 2 is 0.864 bits per heavy atom. The highest BCUT2D eigenvalue weighted by Crippen LogP contribution is 2.30. The van der Waals surface area contributed by atoms with Crippen LogP contribution in [-0.4, -0.2) is 54.9 Å². The summed E-state index contributed by atoms with van der Waals surface area (Å²) < 4.78 is 0.358. The summed E-state index contributed by atoms with van der Waals surface area (Å²) >= 11 is 15.4. The van der Waals surface area contributed by atoms with Gasteiger partial charge in [0.05, 0.1) is 10.0 Å². The molecule has 0 aromatic heterocycles. The van der Waals surface area contributed by atoms with Crippen molar-refractivity contribution >= 4 is 132 Å². The predicted molar refractivity (Wildman–Crippen MR) is 107 cm³/mol. The highest BCUT2D eigenvalue weighted by Gasteiger charge is 2.20. The van der Waals surface area contributed by atoms with Crippen molar-refractivity contribution in [2.45, 2.75) is 0 Å². The summed E-state index contributed by atoms with van der Waals surface area (Å²) in [6.07, 6.45) is 0. The van der Waals surface area contributed by atoms with Gasteiger partial charge in [0.15, 0.2) is 0 Å². The third-order valence-corrected chi connectivity index (χ3v) is 5.27. The van der Waals surface area contributed by atoms with Gasteiger partial charge in [-0.3, -0.25) is 0 Å². The number of benzene rings is 2. The fraction of sp³-hybridized carbons (Fsp3) is 0. The SMILES string of the molecule is [B]c1c([B])c([B])c(-c2c([B])c(Cl)c(Cl)c(Br)c2[B])c([B])c1[B]. The van der Waals surface area contributed by atoms with Crippen molar-refractivity contribution in [3.63, 3.8) is 0 Å². The van der Waals surface area contributed by atoms with Crippen molar-refractivity contribution < 1.29 is 0 Å². The Kier molecular flexibility index (Phi) is 5.37. The van der Waals surface area contributed by atoms with Gasteiger partial charge in [-0.2, -0.15) is 0 Å². The Bertz CT molecular complexity index is 682. The molecule has 0 heterocycles. The molecular weight excluding hydrogens is 371 g/mol. The summed E-state index contributed by atoms with van der Waals surface area (Å²) in [6.45, 7) is 0. The summed E-state index contributed by atoms with van der Waals surface area (Å²) in [5.41, 5.74) is 1.33. The second kappa shape index (κ2) is 6.45. The molecule has 90 valence electrons. The van der Waals surface area contributed by atoms with Crippen LogP contribution in [0.4, 0.5) is 0 Å². The van der Waals surface area contributed by atoms with E-state index in [0.717, 1.165) is 0 Å². The van der Waals surface area contributed by atoms with Crippen molar-refractivity contribution in [2.24, 2.45) is 0 Å². The van der Waals surface area contributed by atoms with Gasteiger partial charge in [-0.1, -0.05) is 45.1 Å². The second-order valence-electron chi connectivity index (χ2n) is 4.59. The molecule has 2 aromatic carbocycles. The van der Waals surface area contributed by atoms with E-state index in [1.165, 1.54) is 0 Å². The molecule has 2 rings (SSSR count). The van der Waals surface area contributed by atoms with Gasteiger partial charge in [0.1, 0.15) is 54.9 Å². The fourth-order valence-electron chi connectivity index (χ4n) is 2.09. The van der Waals surface area contributed by atoms with Crippen molar-refractivity contribution in [3.05, 3.63) is 14.5 Å². The van der Waals surface area contributed by atoms with E-state index in [9.17, 15) is 0 Å². The van der Waals surface area contributed by atoms with Crippen LogP contribution in [0.5, 0.6) is 0 Å². The van der Waals surface area contributed by atoms with Crippen molar-refractivity contribution in [2.75, 3.05) is 0 Å². The molecule has 0 nitrogen and oxygen atoms in total. The summed E-state index contributed by atoms with van der Waals surface area (Å²) in [7, 11) is 41.6. The van der Waals surface area contributed by atoms with Gasteiger partial charge in [0, 0.05) is 4.47 Å². The minimum Gasteiger partial charge on any atom is -0.112 e. The Morgan fingerprint density at radius 3 is 1.32 bits per heavy atom. The predicted octanol–water partition coefficient (Wildman–Crippen LogP) is -3.02. The zero-order valence-corrected chi connectivity index (χ0v) is 14.3. The van der Waals surface area contributed by atoms with Gasteiger partial charge in [0.2, 0.25) is 0 Å². The molecule has 0 aliphatic heterocycles. The van der Waals surface area contributed by atoms with Crippen LogP contribution in [0.25, 0.3) is 11.1 Å². The molecule has 0 saturated heterocycles. The maximum Gasteiger partial charge on any atom is 0.116 e. The minimum absolute atomic E-state index is 0.0858. The Balaban J connectivity index is 3.03. The first-order chi connectivity index (χ1) is 10.1. The molecular formula is C12B7BrCl2. The molecule has 2 aromatic rings. The standard InChI is InChI=1S/C12B7BrCl2/c13-3-1(4(14)8(18)9(19)7(3)17)2-5(15)10(20)12(22)11(21)6(2)16. The van der Waals surface area contributed by atoms with Crippen LogP contribution in [0.2, 0.25) is 10.0 Å². The van der Waals surface area contributed by atoms with Crippen LogP contribution in [0, 0.1) is 0 Å².